The minimum atomic E-state index is -0.256. The third-order valence-corrected chi connectivity index (χ3v) is 5.88. The van der Waals surface area contributed by atoms with Crippen LogP contribution in [0.15, 0.2) is 60.7 Å². The van der Waals surface area contributed by atoms with E-state index in [0.717, 1.165) is 51.1 Å². The summed E-state index contributed by atoms with van der Waals surface area (Å²) in [5.74, 6) is 0.879. The molecule has 1 N–H and O–H groups in total. The quantitative estimate of drug-likeness (QED) is 0.622. The fraction of sp³-hybridized carbons (Fsp3) is 0.423. The number of ether oxygens (including phenoxy) is 2. The normalized spacial score (nSPS) is 19.1. The standard InChI is InChI=1S/C26H32N2O3/c29-26(25-8-4-18-31-25)27-15-5-19-30-24-11-9-21(10-12-24)20-28-16-13-23(14-17-28)22-6-2-1-3-7-22/h1-3,6-7,9-13,25H,4-5,8,14-20H2,(H,27,29). The van der Waals surface area contributed by atoms with Crippen molar-refractivity contribution in [2.24, 2.45) is 0 Å². The van der Waals surface area contributed by atoms with Gasteiger partial charge in [-0.25, -0.2) is 0 Å². The molecular weight excluding hydrogens is 388 g/mol. The summed E-state index contributed by atoms with van der Waals surface area (Å²) < 4.78 is 11.2. The zero-order valence-corrected chi connectivity index (χ0v) is 18.1. The van der Waals surface area contributed by atoms with Crippen molar-refractivity contribution >= 4 is 11.5 Å². The molecule has 1 amide bonds. The van der Waals surface area contributed by atoms with Crippen molar-refractivity contribution in [3.8, 4) is 5.75 Å². The van der Waals surface area contributed by atoms with Gasteiger partial charge in [0.1, 0.15) is 11.9 Å². The zero-order chi connectivity index (χ0) is 21.3. The molecule has 0 aromatic heterocycles. The molecule has 0 bridgehead atoms. The first-order chi connectivity index (χ1) is 15.3. The second-order valence-corrected chi connectivity index (χ2v) is 8.22. The molecule has 0 spiro atoms. The van der Waals surface area contributed by atoms with Gasteiger partial charge in [0, 0.05) is 32.8 Å². The van der Waals surface area contributed by atoms with Crippen molar-refractivity contribution in [1.82, 2.24) is 10.2 Å². The van der Waals surface area contributed by atoms with Gasteiger partial charge in [0.25, 0.3) is 0 Å². The SMILES string of the molecule is O=C(NCCCOc1ccc(CN2CC=C(c3ccccc3)CC2)cc1)C1CCCO1. The number of carbonyl (C=O) groups excluding carboxylic acids is 1. The van der Waals surface area contributed by atoms with E-state index in [-0.39, 0.29) is 12.0 Å². The third-order valence-electron chi connectivity index (χ3n) is 5.88. The third kappa shape index (κ3) is 6.42. The molecule has 0 aliphatic carbocycles. The van der Waals surface area contributed by atoms with Crippen LogP contribution in [0.2, 0.25) is 0 Å². The predicted molar refractivity (Wildman–Crippen MR) is 123 cm³/mol. The number of rotatable bonds is 9. The Hall–Kier alpha value is -2.63. The van der Waals surface area contributed by atoms with Crippen LogP contribution in [0.5, 0.6) is 5.75 Å². The first kappa shape index (κ1) is 21.6. The second kappa shape index (κ2) is 11.1. The number of benzene rings is 2. The van der Waals surface area contributed by atoms with Gasteiger partial charge in [0.15, 0.2) is 0 Å². The molecule has 4 rings (SSSR count). The molecule has 2 heterocycles. The number of hydrogen-bond acceptors (Lipinski definition) is 4. The fourth-order valence-corrected chi connectivity index (χ4v) is 4.09. The molecule has 1 atom stereocenters. The van der Waals surface area contributed by atoms with Gasteiger partial charge in [0.2, 0.25) is 5.91 Å². The topological polar surface area (TPSA) is 50.8 Å². The lowest BCUT2D eigenvalue weighted by Crippen LogP contribution is -2.35. The Labute approximate surface area is 185 Å². The van der Waals surface area contributed by atoms with Crippen molar-refractivity contribution in [2.45, 2.75) is 38.3 Å². The van der Waals surface area contributed by atoms with Crippen LogP contribution in [0.4, 0.5) is 0 Å². The summed E-state index contributed by atoms with van der Waals surface area (Å²) in [5, 5.41) is 2.92. The molecule has 1 fully saturated rings. The average Bonchev–Trinajstić information content (AvgIpc) is 3.36. The molecule has 164 valence electrons. The van der Waals surface area contributed by atoms with Gasteiger partial charge in [-0.3, -0.25) is 9.69 Å². The molecule has 5 heteroatoms. The van der Waals surface area contributed by atoms with E-state index >= 15 is 0 Å². The number of amides is 1. The highest BCUT2D eigenvalue weighted by Gasteiger charge is 2.22. The minimum Gasteiger partial charge on any atom is -0.494 e. The van der Waals surface area contributed by atoms with Crippen molar-refractivity contribution in [3.05, 3.63) is 71.8 Å². The molecule has 31 heavy (non-hydrogen) atoms. The van der Waals surface area contributed by atoms with E-state index in [9.17, 15) is 4.79 Å². The zero-order valence-electron chi connectivity index (χ0n) is 18.1. The number of hydrogen-bond donors (Lipinski definition) is 1. The van der Waals surface area contributed by atoms with Gasteiger partial charge in [-0.15, -0.1) is 0 Å². The van der Waals surface area contributed by atoms with E-state index in [4.69, 9.17) is 9.47 Å². The number of nitrogens with one attached hydrogen (secondary N) is 1. The van der Waals surface area contributed by atoms with Crippen LogP contribution in [-0.2, 0) is 16.1 Å². The van der Waals surface area contributed by atoms with Gasteiger partial charge in [0.05, 0.1) is 6.61 Å². The molecule has 1 saturated heterocycles. The highest BCUT2D eigenvalue weighted by atomic mass is 16.5. The summed E-state index contributed by atoms with van der Waals surface area (Å²) in [5.41, 5.74) is 4.09. The fourth-order valence-electron chi connectivity index (χ4n) is 4.09. The van der Waals surface area contributed by atoms with Crippen molar-refractivity contribution in [3.63, 3.8) is 0 Å². The Morgan fingerprint density at radius 1 is 1.13 bits per heavy atom. The predicted octanol–water partition coefficient (Wildman–Crippen LogP) is 4.04. The Morgan fingerprint density at radius 2 is 1.97 bits per heavy atom. The Kier molecular flexibility index (Phi) is 7.75. The molecule has 0 radical (unpaired) electrons. The molecule has 2 aromatic carbocycles. The van der Waals surface area contributed by atoms with Crippen LogP contribution in [0.3, 0.4) is 0 Å². The molecule has 5 nitrogen and oxygen atoms in total. The average molecular weight is 421 g/mol. The summed E-state index contributed by atoms with van der Waals surface area (Å²) in [6, 6.07) is 19.0. The van der Waals surface area contributed by atoms with E-state index in [2.05, 4.69) is 58.8 Å². The van der Waals surface area contributed by atoms with Gasteiger partial charge in [-0.2, -0.15) is 0 Å². The molecule has 2 aliphatic heterocycles. The lowest BCUT2D eigenvalue weighted by atomic mass is 9.99. The first-order valence-electron chi connectivity index (χ1n) is 11.4. The maximum atomic E-state index is 11.9. The smallest absolute Gasteiger partial charge is 0.249 e. The highest BCUT2D eigenvalue weighted by molar-refractivity contribution is 5.80. The van der Waals surface area contributed by atoms with Gasteiger partial charge in [-0.05, 0) is 54.5 Å². The molecule has 2 aromatic rings. The maximum Gasteiger partial charge on any atom is 0.249 e. The van der Waals surface area contributed by atoms with E-state index < -0.39 is 0 Å². The van der Waals surface area contributed by atoms with Gasteiger partial charge in [-0.1, -0.05) is 48.5 Å². The molecule has 2 aliphatic rings. The van der Waals surface area contributed by atoms with Crippen molar-refractivity contribution in [2.75, 3.05) is 32.8 Å². The van der Waals surface area contributed by atoms with E-state index in [0.29, 0.717) is 19.8 Å². The van der Waals surface area contributed by atoms with Crippen LogP contribution in [0.25, 0.3) is 5.57 Å². The molecule has 1 unspecified atom stereocenters. The Bertz CT molecular complexity index is 858. The Morgan fingerprint density at radius 3 is 2.68 bits per heavy atom. The monoisotopic (exact) mass is 420 g/mol. The summed E-state index contributed by atoms with van der Waals surface area (Å²) in [7, 11) is 0. The van der Waals surface area contributed by atoms with E-state index in [1.807, 2.05) is 12.1 Å². The summed E-state index contributed by atoms with van der Waals surface area (Å²) >= 11 is 0. The molecular formula is C26H32N2O3. The van der Waals surface area contributed by atoms with Crippen LogP contribution >= 0.6 is 0 Å². The Balaban J connectivity index is 1.14. The summed E-state index contributed by atoms with van der Waals surface area (Å²) in [6.07, 6.45) is 5.78. The lowest BCUT2D eigenvalue weighted by molar-refractivity contribution is -0.130. The summed E-state index contributed by atoms with van der Waals surface area (Å²) in [4.78, 5) is 14.4. The first-order valence-corrected chi connectivity index (χ1v) is 11.4. The van der Waals surface area contributed by atoms with Crippen molar-refractivity contribution < 1.29 is 14.3 Å². The van der Waals surface area contributed by atoms with Crippen LogP contribution in [-0.4, -0.2) is 49.8 Å². The van der Waals surface area contributed by atoms with Crippen LogP contribution in [0.1, 0.15) is 36.8 Å². The second-order valence-electron chi connectivity index (χ2n) is 8.22. The molecule has 0 saturated carbocycles. The number of carbonyl (C=O) groups is 1. The van der Waals surface area contributed by atoms with E-state index in [1.54, 1.807) is 0 Å². The maximum absolute atomic E-state index is 11.9. The largest absolute Gasteiger partial charge is 0.494 e. The minimum absolute atomic E-state index is 0.00491. The number of nitrogens with zero attached hydrogens (tertiary/aromatic N) is 1. The van der Waals surface area contributed by atoms with Crippen LogP contribution < -0.4 is 10.1 Å². The highest BCUT2D eigenvalue weighted by Crippen LogP contribution is 2.23. The van der Waals surface area contributed by atoms with Gasteiger partial charge >= 0.3 is 0 Å². The van der Waals surface area contributed by atoms with E-state index in [1.165, 1.54) is 16.7 Å². The van der Waals surface area contributed by atoms with Crippen LogP contribution in [0, 0.1) is 0 Å². The summed E-state index contributed by atoms with van der Waals surface area (Å²) in [6.45, 7) is 4.92. The lowest BCUT2D eigenvalue weighted by Gasteiger charge is -2.26. The van der Waals surface area contributed by atoms with Gasteiger partial charge < -0.3 is 14.8 Å². The van der Waals surface area contributed by atoms with Crippen molar-refractivity contribution in [1.29, 1.82) is 0 Å².